The summed E-state index contributed by atoms with van der Waals surface area (Å²) in [7, 11) is 0. The van der Waals surface area contributed by atoms with Crippen molar-refractivity contribution in [2.75, 3.05) is 25.0 Å². The normalized spacial score (nSPS) is 10.2. The second-order valence-electron chi connectivity index (χ2n) is 4.24. The number of aryl methyl sites for hydroxylation is 1. The van der Waals surface area contributed by atoms with Crippen LogP contribution in [0, 0.1) is 12.7 Å². The van der Waals surface area contributed by atoms with Gasteiger partial charge in [-0.15, -0.1) is 0 Å². The molecule has 0 unspecified atom stereocenters. The van der Waals surface area contributed by atoms with Crippen LogP contribution < -0.4 is 10.6 Å². The molecule has 0 saturated heterocycles. The average molecular weight is 282 g/mol. The highest BCUT2D eigenvalue weighted by atomic mass is 19.1. The number of carbonyl (C=O) groups is 2. The summed E-state index contributed by atoms with van der Waals surface area (Å²) >= 11 is 0. The van der Waals surface area contributed by atoms with Crippen LogP contribution in [0.4, 0.5) is 10.1 Å². The van der Waals surface area contributed by atoms with Crippen molar-refractivity contribution in [3.63, 3.8) is 0 Å². The van der Waals surface area contributed by atoms with Crippen molar-refractivity contribution in [1.82, 2.24) is 5.32 Å². The Hall–Kier alpha value is -1.95. The maximum Gasteiger partial charge on any atom is 0.307 e. The lowest BCUT2D eigenvalue weighted by molar-refractivity contribution is -0.143. The standard InChI is InChI=1S/C14H19FN2O3/c1-3-20-14(19)6-7-16-9-13(18)17-12-8-11(15)5-4-10(12)2/h4-5,8,16H,3,6-7,9H2,1-2H3,(H,17,18). The van der Waals surface area contributed by atoms with E-state index in [9.17, 15) is 14.0 Å². The predicted molar refractivity (Wildman–Crippen MR) is 73.9 cm³/mol. The number of amides is 1. The molecule has 0 heterocycles. The minimum atomic E-state index is -0.402. The average Bonchev–Trinajstić information content (AvgIpc) is 2.39. The second kappa shape index (κ2) is 8.27. The monoisotopic (exact) mass is 282 g/mol. The molecule has 20 heavy (non-hydrogen) atoms. The zero-order valence-electron chi connectivity index (χ0n) is 11.7. The molecule has 0 bridgehead atoms. The zero-order valence-corrected chi connectivity index (χ0v) is 11.7. The zero-order chi connectivity index (χ0) is 15.0. The fourth-order valence-corrected chi connectivity index (χ4v) is 1.55. The van der Waals surface area contributed by atoms with Crippen LogP contribution in [-0.4, -0.2) is 31.6 Å². The highest BCUT2D eigenvalue weighted by molar-refractivity contribution is 5.92. The molecule has 5 nitrogen and oxygen atoms in total. The summed E-state index contributed by atoms with van der Waals surface area (Å²) in [5.41, 5.74) is 1.23. The van der Waals surface area contributed by atoms with Crippen LogP contribution in [-0.2, 0) is 14.3 Å². The molecule has 2 N–H and O–H groups in total. The molecule has 0 spiro atoms. The van der Waals surface area contributed by atoms with Gasteiger partial charge in [-0.2, -0.15) is 0 Å². The quantitative estimate of drug-likeness (QED) is 0.589. The van der Waals surface area contributed by atoms with Gasteiger partial charge in [0, 0.05) is 12.2 Å². The first-order valence-corrected chi connectivity index (χ1v) is 6.45. The topological polar surface area (TPSA) is 67.4 Å². The number of halogens is 1. The van der Waals surface area contributed by atoms with E-state index < -0.39 is 5.82 Å². The Morgan fingerprint density at radius 2 is 2.10 bits per heavy atom. The van der Waals surface area contributed by atoms with Gasteiger partial charge in [0.05, 0.1) is 19.6 Å². The van der Waals surface area contributed by atoms with Gasteiger partial charge in [-0.25, -0.2) is 4.39 Å². The van der Waals surface area contributed by atoms with Crippen LogP contribution in [0.5, 0.6) is 0 Å². The van der Waals surface area contributed by atoms with Crippen LogP contribution in [0.15, 0.2) is 18.2 Å². The largest absolute Gasteiger partial charge is 0.466 e. The second-order valence-corrected chi connectivity index (χ2v) is 4.24. The molecule has 110 valence electrons. The summed E-state index contributed by atoms with van der Waals surface area (Å²) in [6.45, 7) is 4.27. The number of esters is 1. The van der Waals surface area contributed by atoms with Gasteiger partial charge in [0.25, 0.3) is 0 Å². The number of ether oxygens (including phenoxy) is 1. The van der Waals surface area contributed by atoms with Crippen molar-refractivity contribution in [3.05, 3.63) is 29.6 Å². The molecule has 0 radical (unpaired) electrons. The molecule has 1 amide bonds. The Balaban J connectivity index is 2.30. The van der Waals surface area contributed by atoms with Gasteiger partial charge in [-0.05, 0) is 31.5 Å². The van der Waals surface area contributed by atoms with Crippen molar-refractivity contribution in [1.29, 1.82) is 0 Å². The Labute approximate surface area is 117 Å². The first-order chi connectivity index (χ1) is 9.52. The smallest absolute Gasteiger partial charge is 0.307 e. The lowest BCUT2D eigenvalue weighted by Gasteiger charge is -2.09. The van der Waals surface area contributed by atoms with E-state index in [2.05, 4.69) is 10.6 Å². The molecule has 0 aliphatic carbocycles. The van der Waals surface area contributed by atoms with Crippen LogP contribution in [0.3, 0.4) is 0 Å². The fraction of sp³-hybridized carbons (Fsp3) is 0.429. The third-order valence-electron chi connectivity index (χ3n) is 2.57. The molecule has 6 heteroatoms. The highest BCUT2D eigenvalue weighted by Gasteiger charge is 2.06. The molecular formula is C14H19FN2O3. The van der Waals surface area contributed by atoms with Gasteiger partial charge >= 0.3 is 5.97 Å². The molecule has 0 aliphatic heterocycles. The lowest BCUT2D eigenvalue weighted by atomic mass is 10.2. The van der Waals surface area contributed by atoms with E-state index in [1.165, 1.54) is 12.1 Å². The molecule has 0 saturated carbocycles. The minimum absolute atomic E-state index is 0.0510. The Morgan fingerprint density at radius 1 is 1.35 bits per heavy atom. The molecule has 0 aromatic heterocycles. The molecule has 1 aromatic rings. The highest BCUT2D eigenvalue weighted by Crippen LogP contribution is 2.15. The van der Waals surface area contributed by atoms with Crippen molar-refractivity contribution in [3.8, 4) is 0 Å². The van der Waals surface area contributed by atoms with E-state index in [1.807, 2.05) is 0 Å². The van der Waals surface area contributed by atoms with E-state index in [1.54, 1.807) is 19.9 Å². The molecule has 1 rings (SSSR count). The Kier molecular flexibility index (Phi) is 6.66. The number of rotatable bonds is 7. The fourth-order valence-electron chi connectivity index (χ4n) is 1.55. The van der Waals surface area contributed by atoms with Crippen LogP contribution >= 0.6 is 0 Å². The number of benzene rings is 1. The molecule has 0 fully saturated rings. The Bertz CT molecular complexity index is 477. The maximum atomic E-state index is 13.0. The Morgan fingerprint density at radius 3 is 2.80 bits per heavy atom. The van der Waals surface area contributed by atoms with E-state index >= 15 is 0 Å². The number of hydrogen-bond donors (Lipinski definition) is 2. The van der Waals surface area contributed by atoms with E-state index in [-0.39, 0.29) is 24.8 Å². The van der Waals surface area contributed by atoms with Crippen LogP contribution in [0.1, 0.15) is 18.9 Å². The summed E-state index contributed by atoms with van der Waals surface area (Å²) in [6.07, 6.45) is 0.208. The number of carbonyl (C=O) groups excluding carboxylic acids is 2. The third-order valence-corrected chi connectivity index (χ3v) is 2.57. The van der Waals surface area contributed by atoms with Gasteiger partial charge in [-0.1, -0.05) is 6.07 Å². The maximum absolute atomic E-state index is 13.0. The molecule has 0 aliphatic rings. The van der Waals surface area contributed by atoms with E-state index in [4.69, 9.17) is 4.74 Å². The number of nitrogens with one attached hydrogen (secondary N) is 2. The van der Waals surface area contributed by atoms with Gasteiger partial charge in [-0.3, -0.25) is 9.59 Å². The van der Waals surface area contributed by atoms with E-state index in [0.717, 1.165) is 5.56 Å². The third kappa shape index (κ3) is 5.79. The predicted octanol–water partition coefficient (Wildman–Crippen LogP) is 1.62. The summed E-state index contributed by atoms with van der Waals surface area (Å²) < 4.78 is 17.8. The first-order valence-electron chi connectivity index (χ1n) is 6.45. The van der Waals surface area contributed by atoms with Crippen LogP contribution in [0.2, 0.25) is 0 Å². The summed E-state index contributed by atoms with van der Waals surface area (Å²) in [5, 5.41) is 5.43. The summed E-state index contributed by atoms with van der Waals surface area (Å²) in [6, 6.07) is 4.20. The van der Waals surface area contributed by atoms with Crippen molar-refractivity contribution in [2.24, 2.45) is 0 Å². The molecule has 0 atom stereocenters. The number of hydrogen-bond acceptors (Lipinski definition) is 4. The number of anilines is 1. The van der Waals surface area contributed by atoms with Crippen molar-refractivity contribution in [2.45, 2.75) is 20.3 Å². The molecular weight excluding hydrogens is 263 g/mol. The van der Waals surface area contributed by atoms with E-state index in [0.29, 0.717) is 18.8 Å². The van der Waals surface area contributed by atoms with Crippen molar-refractivity contribution < 1.29 is 18.7 Å². The van der Waals surface area contributed by atoms with Gasteiger partial charge in [0.2, 0.25) is 5.91 Å². The van der Waals surface area contributed by atoms with Gasteiger partial charge < -0.3 is 15.4 Å². The summed E-state index contributed by atoms with van der Waals surface area (Å²) in [4.78, 5) is 22.7. The first kappa shape index (κ1) is 16.1. The summed E-state index contributed by atoms with van der Waals surface area (Å²) in [5.74, 6) is -0.995. The SMILES string of the molecule is CCOC(=O)CCNCC(=O)Nc1cc(F)ccc1C. The molecule has 1 aromatic carbocycles. The van der Waals surface area contributed by atoms with Crippen molar-refractivity contribution >= 4 is 17.6 Å². The lowest BCUT2D eigenvalue weighted by Crippen LogP contribution is -2.30. The van der Waals surface area contributed by atoms with Gasteiger partial charge in [0.15, 0.2) is 0 Å². The minimum Gasteiger partial charge on any atom is -0.466 e. The van der Waals surface area contributed by atoms with Gasteiger partial charge in [0.1, 0.15) is 5.82 Å². The van der Waals surface area contributed by atoms with Crippen LogP contribution in [0.25, 0.3) is 0 Å².